The molecule has 24 heavy (non-hydrogen) atoms. The second-order valence-corrected chi connectivity index (χ2v) is 6.07. The molecule has 1 aromatic rings. The highest BCUT2D eigenvalue weighted by molar-refractivity contribution is 5.96. The molecule has 1 saturated heterocycles. The van der Waals surface area contributed by atoms with Crippen LogP contribution in [0.25, 0.3) is 0 Å². The molecular weight excluding hydrogens is 310 g/mol. The van der Waals surface area contributed by atoms with E-state index < -0.39 is 6.09 Å². The number of ether oxygens (including phenoxy) is 2. The lowest BCUT2D eigenvalue weighted by Crippen LogP contribution is -3.06. The fourth-order valence-electron chi connectivity index (χ4n) is 2.50. The van der Waals surface area contributed by atoms with Crippen molar-refractivity contribution >= 4 is 17.7 Å². The van der Waals surface area contributed by atoms with Crippen molar-refractivity contribution in [3.05, 3.63) is 24.3 Å². The number of nitrogens with zero attached hydrogens (tertiary/aromatic N) is 1. The number of carbonyl (C=O) groups is 2. The lowest BCUT2D eigenvalue weighted by atomic mass is 10.2. The molecule has 0 saturated carbocycles. The molecule has 1 atom stereocenters. The number of quaternary nitrogens is 1. The largest absolute Gasteiger partial charge is 0.494 e. The van der Waals surface area contributed by atoms with Crippen molar-refractivity contribution in [2.75, 3.05) is 45.3 Å². The highest BCUT2D eigenvalue weighted by atomic mass is 16.5. The van der Waals surface area contributed by atoms with Crippen molar-refractivity contribution in [2.24, 2.45) is 0 Å². The number of hydrogen-bond donors (Lipinski definition) is 2. The van der Waals surface area contributed by atoms with E-state index in [2.05, 4.69) is 5.32 Å². The average molecular weight is 336 g/mol. The fraction of sp³-hybridized carbons (Fsp3) is 0.529. The predicted molar refractivity (Wildman–Crippen MR) is 90.5 cm³/mol. The summed E-state index contributed by atoms with van der Waals surface area (Å²) in [5.74, 6) is 0.761. The van der Waals surface area contributed by atoms with Gasteiger partial charge in [-0.25, -0.2) is 4.79 Å². The minimum atomic E-state index is -0.470. The van der Waals surface area contributed by atoms with Gasteiger partial charge in [0.2, 0.25) is 5.91 Å². The number of benzene rings is 1. The Bertz CT molecular complexity index is 559. The first kappa shape index (κ1) is 18.1. The number of alkyl carbamates (subject to hydrolysis) is 1. The topological polar surface area (TPSA) is 72.3 Å². The summed E-state index contributed by atoms with van der Waals surface area (Å²) in [7, 11) is 3.98. The van der Waals surface area contributed by atoms with Crippen LogP contribution < -0.4 is 19.9 Å². The zero-order chi connectivity index (χ0) is 17.5. The number of nitrogens with one attached hydrogen (secondary N) is 2. The van der Waals surface area contributed by atoms with Gasteiger partial charge in [-0.3, -0.25) is 4.79 Å². The number of likely N-dealkylation sites (N-methyl/N-ethyl adjacent to an activating group) is 1. The Morgan fingerprint density at radius 1 is 1.33 bits per heavy atom. The van der Waals surface area contributed by atoms with Gasteiger partial charge >= 0.3 is 6.09 Å². The minimum absolute atomic E-state index is 0.0119. The molecule has 1 aliphatic rings. The first-order valence-electron chi connectivity index (χ1n) is 8.25. The summed E-state index contributed by atoms with van der Waals surface area (Å²) in [6.45, 7) is 4.08. The Morgan fingerprint density at radius 2 is 2.04 bits per heavy atom. The van der Waals surface area contributed by atoms with Crippen LogP contribution in [0.3, 0.4) is 0 Å². The van der Waals surface area contributed by atoms with Gasteiger partial charge in [0.25, 0.3) is 0 Å². The van der Waals surface area contributed by atoms with Gasteiger partial charge in [0.1, 0.15) is 18.9 Å². The maximum absolute atomic E-state index is 12.2. The third kappa shape index (κ3) is 5.13. The van der Waals surface area contributed by atoms with E-state index in [-0.39, 0.29) is 18.4 Å². The molecule has 0 unspecified atom stereocenters. The molecule has 1 aliphatic heterocycles. The quantitative estimate of drug-likeness (QED) is 0.739. The molecule has 0 aromatic heterocycles. The zero-order valence-corrected chi connectivity index (χ0v) is 14.5. The molecule has 7 nitrogen and oxygen atoms in total. The number of rotatable bonds is 7. The number of carbonyl (C=O) groups excluding carboxylic acids is 2. The van der Waals surface area contributed by atoms with Crippen molar-refractivity contribution in [3.8, 4) is 5.75 Å². The van der Waals surface area contributed by atoms with Crippen molar-refractivity contribution in [1.82, 2.24) is 5.32 Å². The third-order valence-corrected chi connectivity index (χ3v) is 3.74. The molecule has 1 aromatic carbocycles. The van der Waals surface area contributed by atoms with Gasteiger partial charge < -0.3 is 24.6 Å². The summed E-state index contributed by atoms with van der Waals surface area (Å²) in [6, 6.07) is 7.14. The number of amides is 2. The van der Waals surface area contributed by atoms with Crippen molar-refractivity contribution < 1.29 is 24.0 Å². The van der Waals surface area contributed by atoms with Gasteiger partial charge in [0.15, 0.2) is 0 Å². The van der Waals surface area contributed by atoms with Crippen LogP contribution in [-0.4, -0.2) is 58.4 Å². The molecule has 2 amide bonds. The second kappa shape index (κ2) is 8.54. The first-order valence-corrected chi connectivity index (χ1v) is 8.25. The van der Waals surface area contributed by atoms with Gasteiger partial charge in [0.05, 0.1) is 26.7 Å². The Labute approximate surface area is 142 Å². The molecule has 0 radical (unpaired) electrons. The van der Waals surface area contributed by atoms with Crippen LogP contribution in [-0.2, 0) is 9.53 Å². The number of anilines is 1. The normalized spacial score (nSPS) is 17.2. The van der Waals surface area contributed by atoms with E-state index in [0.717, 1.165) is 18.0 Å². The van der Waals surface area contributed by atoms with E-state index in [1.807, 2.05) is 45.3 Å². The summed E-state index contributed by atoms with van der Waals surface area (Å²) in [6.07, 6.45) is -0.191. The van der Waals surface area contributed by atoms with Crippen LogP contribution in [0.15, 0.2) is 24.3 Å². The Hall–Kier alpha value is -2.28. The molecule has 0 spiro atoms. The maximum atomic E-state index is 12.2. The van der Waals surface area contributed by atoms with Gasteiger partial charge in [-0.1, -0.05) is 0 Å². The van der Waals surface area contributed by atoms with Crippen LogP contribution >= 0.6 is 0 Å². The lowest BCUT2D eigenvalue weighted by Gasteiger charge is -2.17. The molecule has 2 rings (SSSR count). The SMILES string of the molecule is CCOc1ccc(N2C[C@H](NC(=O)OCC[NH+](C)C)CC2=O)cc1. The van der Waals surface area contributed by atoms with E-state index >= 15 is 0 Å². The Morgan fingerprint density at radius 3 is 2.67 bits per heavy atom. The van der Waals surface area contributed by atoms with E-state index in [1.54, 1.807) is 4.90 Å². The van der Waals surface area contributed by atoms with Crippen LogP contribution in [0, 0.1) is 0 Å². The lowest BCUT2D eigenvalue weighted by molar-refractivity contribution is -0.858. The van der Waals surface area contributed by atoms with Gasteiger partial charge in [-0.05, 0) is 31.2 Å². The highest BCUT2D eigenvalue weighted by Gasteiger charge is 2.31. The number of hydrogen-bond acceptors (Lipinski definition) is 4. The van der Waals surface area contributed by atoms with Gasteiger partial charge in [0, 0.05) is 18.7 Å². The predicted octanol–water partition coefficient (Wildman–Crippen LogP) is 0.0613. The summed E-state index contributed by atoms with van der Waals surface area (Å²) in [5, 5.41) is 2.76. The van der Waals surface area contributed by atoms with Crippen LogP contribution in [0.2, 0.25) is 0 Å². The summed E-state index contributed by atoms with van der Waals surface area (Å²) < 4.78 is 10.5. The van der Waals surface area contributed by atoms with E-state index in [4.69, 9.17) is 9.47 Å². The highest BCUT2D eigenvalue weighted by Crippen LogP contribution is 2.24. The monoisotopic (exact) mass is 336 g/mol. The standard InChI is InChI=1S/C17H25N3O4/c1-4-23-15-7-5-14(6-8-15)20-12-13(11-16(20)21)18-17(22)24-10-9-19(2)3/h5-8,13H,4,9-12H2,1-3H3,(H,18,22)/p+1/t13-/m1/s1. The molecule has 7 heteroatoms. The van der Waals surface area contributed by atoms with Crippen LogP contribution in [0.5, 0.6) is 5.75 Å². The maximum Gasteiger partial charge on any atom is 0.407 e. The molecule has 1 fully saturated rings. The van der Waals surface area contributed by atoms with Crippen molar-refractivity contribution in [2.45, 2.75) is 19.4 Å². The van der Waals surface area contributed by atoms with E-state index in [1.165, 1.54) is 4.90 Å². The Balaban J connectivity index is 1.85. The first-order chi connectivity index (χ1) is 11.5. The average Bonchev–Trinajstić information content (AvgIpc) is 2.88. The van der Waals surface area contributed by atoms with E-state index in [9.17, 15) is 9.59 Å². The second-order valence-electron chi connectivity index (χ2n) is 6.07. The fourth-order valence-corrected chi connectivity index (χ4v) is 2.50. The molecule has 2 N–H and O–H groups in total. The summed E-state index contributed by atoms with van der Waals surface area (Å²) in [5.41, 5.74) is 0.803. The van der Waals surface area contributed by atoms with Gasteiger partial charge in [-0.15, -0.1) is 0 Å². The van der Waals surface area contributed by atoms with E-state index in [0.29, 0.717) is 19.8 Å². The smallest absolute Gasteiger partial charge is 0.407 e. The van der Waals surface area contributed by atoms with Crippen LogP contribution in [0.4, 0.5) is 10.5 Å². The minimum Gasteiger partial charge on any atom is -0.494 e. The van der Waals surface area contributed by atoms with Gasteiger partial charge in [-0.2, -0.15) is 0 Å². The van der Waals surface area contributed by atoms with Crippen molar-refractivity contribution in [1.29, 1.82) is 0 Å². The summed E-state index contributed by atoms with van der Waals surface area (Å²) in [4.78, 5) is 26.8. The van der Waals surface area contributed by atoms with Crippen LogP contribution in [0.1, 0.15) is 13.3 Å². The molecule has 1 heterocycles. The molecule has 0 bridgehead atoms. The molecular formula is C17H26N3O4+. The third-order valence-electron chi connectivity index (χ3n) is 3.74. The molecule has 0 aliphatic carbocycles. The Kier molecular flexibility index (Phi) is 6.43. The zero-order valence-electron chi connectivity index (χ0n) is 14.5. The summed E-state index contributed by atoms with van der Waals surface area (Å²) >= 11 is 0. The molecule has 132 valence electrons. The van der Waals surface area contributed by atoms with Crippen molar-refractivity contribution in [3.63, 3.8) is 0 Å².